The van der Waals surface area contributed by atoms with Crippen LogP contribution < -0.4 is 0 Å². The number of aromatic nitrogens is 2. The van der Waals surface area contributed by atoms with Crippen molar-refractivity contribution in [1.29, 1.82) is 0 Å². The highest BCUT2D eigenvalue weighted by molar-refractivity contribution is 6.33. The van der Waals surface area contributed by atoms with Crippen LogP contribution in [0.5, 0.6) is 0 Å². The van der Waals surface area contributed by atoms with E-state index in [4.69, 9.17) is 11.6 Å². The average Bonchev–Trinajstić information content (AvgIpc) is 2.73. The van der Waals surface area contributed by atoms with E-state index in [9.17, 15) is 9.90 Å². The van der Waals surface area contributed by atoms with E-state index in [1.54, 1.807) is 18.3 Å². The Kier molecular flexibility index (Phi) is 8.43. The van der Waals surface area contributed by atoms with Crippen LogP contribution in [-0.2, 0) is 16.1 Å². The molecule has 152 valence electrons. The number of carboxylic acids is 1. The van der Waals surface area contributed by atoms with Gasteiger partial charge in [-0.15, -0.1) is 11.6 Å². The van der Waals surface area contributed by atoms with Crippen LogP contribution in [0.25, 0.3) is 11.3 Å². The van der Waals surface area contributed by atoms with Crippen molar-refractivity contribution in [3.8, 4) is 11.3 Å². The van der Waals surface area contributed by atoms with Crippen molar-refractivity contribution in [2.45, 2.75) is 70.6 Å². The van der Waals surface area contributed by atoms with Gasteiger partial charge in [0, 0.05) is 11.8 Å². The molecule has 2 atom stereocenters. The molecule has 1 heterocycles. The third-order valence-corrected chi connectivity index (χ3v) is 6.20. The summed E-state index contributed by atoms with van der Waals surface area (Å²) in [7, 11) is 0. The molecule has 0 aliphatic carbocycles. The van der Waals surface area contributed by atoms with Crippen LogP contribution in [0, 0.1) is 5.92 Å². The molecular formula is C23H31ClN2O2. The van der Waals surface area contributed by atoms with Gasteiger partial charge >= 0.3 is 5.97 Å². The molecule has 1 aromatic heterocycles. The van der Waals surface area contributed by atoms with Crippen LogP contribution in [0.15, 0.2) is 36.7 Å². The van der Waals surface area contributed by atoms with Crippen LogP contribution in [0.1, 0.15) is 70.6 Å². The van der Waals surface area contributed by atoms with E-state index in [1.165, 1.54) is 25.7 Å². The Labute approximate surface area is 173 Å². The number of hydrogen-bond donors (Lipinski definition) is 1. The van der Waals surface area contributed by atoms with Gasteiger partial charge in [0.15, 0.2) is 4.87 Å². The van der Waals surface area contributed by atoms with Crippen molar-refractivity contribution >= 4 is 17.6 Å². The van der Waals surface area contributed by atoms with E-state index >= 15 is 0 Å². The van der Waals surface area contributed by atoms with Crippen LogP contribution >= 0.6 is 11.6 Å². The maximum absolute atomic E-state index is 11.8. The minimum absolute atomic E-state index is 0.186. The fraction of sp³-hybridized carbons (Fsp3) is 0.522. The number of unbranched alkanes of at least 4 members (excludes halogenated alkanes) is 4. The van der Waals surface area contributed by atoms with E-state index in [2.05, 4.69) is 16.9 Å². The number of carboxylic acid groups (broad SMARTS) is 1. The summed E-state index contributed by atoms with van der Waals surface area (Å²) in [5, 5.41) is 9.67. The molecule has 0 amide bonds. The molecule has 0 spiro atoms. The van der Waals surface area contributed by atoms with Gasteiger partial charge in [-0.25, -0.2) is 4.79 Å². The first kappa shape index (κ1) is 22.4. The van der Waals surface area contributed by atoms with E-state index in [0.29, 0.717) is 12.0 Å². The Balaban J connectivity index is 2.07. The predicted octanol–water partition coefficient (Wildman–Crippen LogP) is 6.22. The number of aryl methyl sites for hydroxylation is 1. The summed E-state index contributed by atoms with van der Waals surface area (Å²) < 4.78 is 0. The molecule has 2 rings (SSSR count). The molecule has 28 heavy (non-hydrogen) atoms. The number of nitrogens with zero attached hydrogens (tertiary/aromatic N) is 2. The molecule has 2 aromatic rings. The molecular weight excluding hydrogens is 372 g/mol. The summed E-state index contributed by atoms with van der Waals surface area (Å²) in [4.78, 5) is 19.5. The van der Waals surface area contributed by atoms with Gasteiger partial charge in [-0.1, -0.05) is 77.1 Å². The number of benzene rings is 1. The molecule has 1 aromatic carbocycles. The molecule has 0 fully saturated rings. The zero-order chi connectivity index (χ0) is 20.6. The van der Waals surface area contributed by atoms with Gasteiger partial charge in [0.2, 0.25) is 0 Å². The molecule has 0 aliphatic heterocycles. The van der Waals surface area contributed by atoms with E-state index < -0.39 is 10.8 Å². The summed E-state index contributed by atoms with van der Waals surface area (Å²) >= 11 is 6.52. The van der Waals surface area contributed by atoms with Gasteiger partial charge < -0.3 is 5.11 Å². The van der Waals surface area contributed by atoms with Gasteiger partial charge in [-0.05, 0) is 24.3 Å². The van der Waals surface area contributed by atoms with Crippen LogP contribution in [0.3, 0.4) is 0 Å². The van der Waals surface area contributed by atoms with Gasteiger partial charge in [-0.2, -0.15) is 0 Å². The number of halogens is 1. The van der Waals surface area contributed by atoms with E-state index in [-0.39, 0.29) is 5.92 Å². The highest BCUT2D eigenvalue weighted by Gasteiger charge is 2.42. The van der Waals surface area contributed by atoms with Crippen molar-refractivity contribution in [2.75, 3.05) is 0 Å². The highest BCUT2D eigenvalue weighted by Crippen LogP contribution is 2.39. The first-order valence-electron chi connectivity index (χ1n) is 10.3. The van der Waals surface area contributed by atoms with Gasteiger partial charge in [-0.3, -0.25) is 9.97 Å². The van der Waals surface area contributed by atoms with Crippen molar-refractivity contribution < 1.29 is 9.90 Å². The van der Waals surface area contributed by atoms with Crippen LogP contribution in [0.4, 0.5) is 0 Å². The normalized spacial score (nSPS) is 14.4. The van der Waals surface area contributed by atoms with Gasteiger partial charge in [0.25, 0.3) is 0 Å². The third kappa shape index (κ3) is 5.32. The Hall–Kier alpha value is -1.94. The lowest BCUT2D eigenvalue weighted by Gasteiger charge is -2.29. The number of hydrogen-bond acceptors (Lipinski definition) is 3. The fourth-order valence-electron chi connectivity index (χ4n) is 3.33. The summed E-state index contributed by atoms with van der Waals surface area (Å²) in [6.07, 6.45) is 11.5. The quantitative estimate of drug-likeness (QED) is 0.358. The molecule has 1 N–H and O–H groups in total. The average molecular weight is 403 g/mol. The molecule has 5 heteroatoms. The van der Waals surface area contributed by atoms with Crippen molar-refractivity contribution in [3.63, 3.8) is 0 Å². The zero-order valence-electron chi connectivity index (χ0n) is 17.1. The molecule has 0 saturated carbocycles. The van der Waals surface area contributed by atoms with Crippen molar-refractivity contribution in [3.05, 3.63) is 47.9 Å². The minimum Gasteiger partial charge on any atom is -0.480 e. The SMILES string of the molecule is CCCCCCCc1cnc(-c2ccc(C(Cl)(C(=O)O)C(C)CC)cc2)cn1. The molecule has 2 unspecified atom stereocenters. The Morgan fingerprint density at radius 2 is 1.75 bits per heavy atom. The Morgan fingerprint density at radius 3 is 2.29 bits per heavy atom. The molecule has 0 radical (unpaired) electrons. The van der Waals surface area contributed by atoms with Gasteiger partial charge in [0.1, 0.15) is 0 Å². The molecule has 0 aliphatic rings. The lowest BCUT2D eigenvalue weighted by atomic mass is 9.84. The number of aliphatic carboxylic acids is 1. The first-order valence-corrected chi connectivity index (χ1v) is 10.6. The Morgan fingerprint density at radius 1 is 1.07 bits per heavy atom. The summed E-state index contributed by atoms with van der Waals surface area (Å²) in [6, 6.07) is 7.30. The van der Waals surface area contributed by atoms with E-state index in [1.807, 2.05) is 32.2 Å². The van der Waals surface area contributed by atoms with Crippen molar-refractivity contribution in [1.82, 2.24) is 9.97 Å². The third-order valence-electron chi connectivity index (χ3n) is 5.45. The second-order valence-electron chi connectivity index (χ2n) is 7.46. The largest absolute Gasteiger partial charge is 0.480 e. The number of alkyl halides is 1. The van der Waals surface area contributed by atoms with Gasteiger partial charge in [0.05, 0.1) is 17.6 Å². The predicted molar refractivity (Wildman–Crippen MR) is 115 cm³/mol. The Bertz CT molecular complexity index is 746. The van der Waals surface area contributed by atoms with E-state index in [0.717, 1.165) is 29.8 Å². The maximum atomic E-state index is 11.8. The molecule has 0 saturated heterocycles. The van der Waals surface area contributed by atoms with Crippen LogP contribution in [0.2, 0.25) is 0 Å². The second-order valence-corrected chi connectivity index (χ2v) is 8.06. The second kappa shape index (κ2) is 10.6. The lowest BCUT2D eigenvalue weighted by Crippen LogP contribution is -2.36. The number of carbonyl (C=O) groups is 1. The summed E-state index contributed by atoms with van der Waals surface area (Å²) in [5.74, 6) is -1.20. The molecule has 4 nitrogen and oxygen atoms in total. The fourth-order valence-corrected chi connectivity index (χ4v) is 3.61. The van der Waals surface area contributed by atoms with Crippen LogP contribution in [-0.4, -0.2) is 21.0 Å². The minimum atomic E-state index is -1.42. The standard InChI is InChI=1S/C23H31ClN2O2/c1-4-6-7-8-9-10-20-15-26-21(16-25-20)18-11-13-19(14-12-18)23(24,22(27)28)17(3)5-2/h11-17H,4-10H2,1-3H3,(H,27,28). The summed E-state index contributed by atoms with van der Waals surface area (Å²) in [5.41, 5.74) is 3.29. The monoisotopic (exact) mass is 402 g/mol. The maximum Gasteiger partial charge on any atom is 0.329 e. The number of rotatable bonds is 11. The smallest absolute Gasteiger partial charge is 0.329 e. The van der Waals surface area contributed by atoms with Crippen molar-refractivity contribution in [2.24, 2.45) is 5.92 Å². The molecule has 0 bridgehead atoms. The lowest BCUT2D eigenvalue weighted by molar-refractivity contribution is -0.142. The topological polar surface area (TPSA) is 63.1 Å². The highest BCUT2D eigenvalue weighted by atomic mass is 35.5. The summed E-state index contributed by atoms with van der Waals surface area (Å²) in [6.45, 7) is 6.03. The first-order chi connectivity index (χ1) is 13.4. The zero-order valence-corrected chi connectivity index (χ0v) is 17.9.